The number of hydrogen-bond donors (Lipinski definition) is 1. The van der Waals surface area contributed by atoms with E-state index >= 15 is 0 Å². The van der Waals surface area contributed by atoms with Crippen LogP contribution >= 0.6 is 0 Å². The molecule has 2 rings (SSSR count). The maximum Gasteiger partial charge on any atom is 0.138 e. The van der Waals surface area contributed by atoms with Crippen LogP contribution in [0.5, 0.6) is 5.75 Å². The topological polar surface area (TPSA) is 66.1 Å². The fraction of sp³-hybridized carbons (Fsp3) is 0.143. The van der Waals surface area contributed by atoms with Gasteiger partial charge >= 0.3 is 0 Å². The van der Waals surface area contributed by atoms with E-state index in [-0.39, 0.29) is 6.61 Å². The van der Waals surface area contributed by atoms with Crippen molar-refractivity contribution in [2.75, 3.05) is 0 Å². The molecule has 0 unspecified atom stereocenters. The Balaban J connectivity index is 2.00. The van der Waals surface area contributed by atoms with Crippen molar-refractivity contribution < 1.29 is 9.84 Å². The van der Waals surface area contributed by atoms with Crippen molar-refractivity contribution in [2.45, 2.75) is 13.2 Å². The van der Waals surface area contributed by atoms with E-state index in [1.54, 1.807) is 30.5 Å². The number of rotatable bonds is 4. The fourth-order valence-corrected chi connectivity index (χ4v) is 1.49. The number of nitrogens with zero attached hydrogens (tertiary/aromatic N) is 2. The molecule has 1 N–H and O–H groups in total. The van der Waals surface area contributed by atoms with Gasteiger partial charge < -0.3 is 9.84 Å². The van der Waals surface area contributed by atoms with E-state index in [9.17, 15) is 0 Å². The fourth-order valence-electron chi connectivity index (χ4n) is 1.49. The molecule has 0 fully saturated rings. The van der Waals surface area contributed by atoms with Crippen molar-refractivity contribution in [3.8, 4) is 11.8 Å². The van der Waals surface area contributed by atoms with Gasteiger partial charge in [-0.05, 0) is 29.8 Å². The molecular weight excluding hydrogens is 228 g/mol. The second-order valence-corrected chi connectivity index (χ2v) is 3.74. The highest BCUT2D eigenvalue weighted by Crippen LogP contribution is 2.12. The Bertz CT molecular complexity index is 559. The molecule has 0 saturated heterocycles. The third kappa shape index (κ3) is 3.06. The van der Waals surface area contributed by atoms with E-state index < -0.39 is 0 Å². The zero-order valence-corrected chi connectivity index (χ0v) is 9.71. The summed E-state index contributed by atoms with van der Waals surface area (Å²) in [5, 5.41) is 17.6. The predicted octanol–water partition coefficient (Wildman–Crippen LogP) is 2.02. The van der Waals surface area contributed by atoms with Crippen LogP contribution in [-0.4, -0.2) is 10.1 Å². The number of hydrogen-bond acceptors (Lipinski definition) is 4. The first kappa shape index (κ1) is 12.1. The first-order chi connectivity index (χ1) is 8.81. The first-order valence-corrected chi connectivity index (χ1v) is 5.49. The summed E-state index contributed by atoms with van der Waals surface area (Å²) < 4.78 is 5.54. The minimum absolute atomic E-state index is 0.0789. The Labute approximate surface area is 105 Å². The number of benzene rings is 1. The molecule has 0 aliphatic heterocycles. The van der Waals surface area contributed by atoms with Crippen LogP contribution in [0.25, 0.3) is 0 Å². The standard InChI is InChI=1S/C14H12N2O2/c15-7-11-2-1-3-12(6-11)10-18-14-5-4-13(9-17)16-8-14/h1-6,8,17H,9-10H2. The lowest BCUT2D eigenvalue weighted by Crippen LogP contribution is -1.97. The van der Waals surface area contributed by atoms with Crippen molar-refractivity contribution in [1.82, 2.24) is 4.98 Å². The molecule has 0 saturated carbocycles. The summed E-state index contributed by atoms with van der Waals surface area (Å²) in [5.74, 6) is 0.634. The average Bonchev–Trinajstić information content (AvgIpc) is 2.46. The lowest BCUT2D eigenvalue weighted by Gasteiger charge is -2.06. The van der Waals surface area contributed by atoms with E-state index in [2.05, 4.69) is 11.1 Å². The minimum Gasteiger partial charge on any atom is -0.487 e. The summed E-state index contributed by atoms with van der Waals surface area (Å²) in [7, 11) is 0. The van der Waals surface area contributed by atoms with Gasteiger partial charge in [0.15, 0.2) is 0 Å². The largest absolute Gasteiger partial charge is 0.487 e. The molecule has 0 spiro atoms. The second kappa shape index (κ2) is 5.80. The molecule has 0 bridgehead atoms. The maximum absolute atomic E-state index is 8.86. The van der Waals surface area contributed by atoms with Crippen molar-refractivity contribution in [2.24, 2.45) is 0 Å². The molecule has 1 aromatic heterocycles. The molecular formula is C14H12N2O2. The van der Waals surface area contributed by atoms with E-state index in [1.165, 1.54) is 0 Å². The van der Waals surface area contributed by atoms with Gasteiger partial charge in [-0.15, -0.1) is 0 Å². The van der Waals surface area contributed by atoms with Crippen molar-refractivity contribution >= 4 is 0 Å². The first-order valence-electron chi connectivity index (χ1n) is 5.49. The summed E-state index contributed by atoms with van der Waals surface area (Å²) in [6.07, 6.45) is 1.57. The zero-order valence-electron chi connectivity index (χ0n) is 9.71. The van der Waals surface area contributed by atoms with Crippen LogP contribution in [0.3, 0.4) is 0 Å². The molecule has 0 amide bonds. The summed E-state index contributed by atoms with van der Waals surface area (Å²) in [6.45, 7) is 0.306. The maximum atomic E-state index is 8.86. The van der Waals surface area contributed by atoms with Gasteiger partial charge in [-0.3, -0.25) is 4.98 Å². The summed E-state index contributed by atoms with van der Waals surface area (Å²) in [5.41, 5.74) is 2.15. The van der Waals surface area contributed by atoms with Crippen LogP contribution < -0.4 is 4.74 Å². The number of ether oxygens (including phenoxy) is 1. The Morgan fingerprint density at radius 1 is 1.28 bits per heavy atom. The Morgan fingerprint density at radius 2 is 2.17 bits per heavy atom. The zero-order chi connectivity index (χ0) is 12.8. The molecule has 2 aromatic rings. The van der Waals surface area contributed by atoms with Crippen LogP contribution in [0, 0.1) is 11.3 Å². The van der Waals surface area contributed by atoms with Gasteiger partial charge in [0.05, 0.1) is 30.1 Å². The lowest BCUT2D eigenvalue weighted by atomic mass is 10.1. The van der Waals surface area contributed by atoms with Crippen molar-refractivity contribution in [3.05, 3.63) is 59.4 Å². The number of aromatic nitrogens is 1. The number of nitriles is 1. The molecule has 0 aliphatic rings. The summed E-state index contributed by atoms with van der Waals surface area (Å²) in [6, 6.07) is 12.8. The van der Waals surface area contributed by atoms with Gasteiger partial charge in [-0.25, -0.2) is 0 Å². The van der Waals surface area contributed by atoms with E-state index in [1.807, 2.05) is 12.1 Å². The Morgan fingerprint density at radius 3 is 2.83 bits per heavy atom. The summed E-state index contributed by atoms with van der Waals surface area (Å²) >= 11 is 0. The Kier molecular flexibility index (Phi) is 3.90. The van der Waals surface area contributed by atoms with E-state index in [4.69, 9.17) is 15.1 Å². The van der Waals surface area contributed by atoms with Crippen LogP contribution in [0.1, 0.15) is 16.8 Å². The van der Waals surface area contributed by atoms with Crippen molar-refractivity contribution in [3.63, 3.8) is 0 Å². The number of aliphatic hydroxyl groups is 1. The lowest BCUT2D eigenvalue weighted by molar-refractivity contribution is 0.275. The Hall–Kier alpha value is -2.38. The SMILES string of the molecule is N#Cc1cccc(COc2ccc(CO)nc2)c1. The van der Waals surface area contributed by atoms with E-state index in [0.29, 0.717) is 23.6 Å². The smallest absolute Gasteiger partial charge is 0.138 e. The van der Waals surface area contributed by atoms with Crippen LogP contribution in [0.15, 0.2) is 42.6 Å². The van der Waals surface area contributed by atoms with Gasteiger partial charge in [-0.2, -0.15) is 5.26 Å². The molecule has 90 valence electrons. The monoisotopic (exact) mass is 240 g/mol. The highest BCUT2D eigenvalue weighted by atomic mass is 16.5. The molecule has 4 heteroatoms. The molecule has 0 aliphatic carbocycles. The second-order valence-electron chi connectivity index (χ2n) is 3.74. The van der Waals surface area contributed by atoms with Gasteiger partial charge in [0.25, 0.3) is 0 Å². The molecule has 4 nitrogen and oxygen atoms in total. The number of aliphatic hydroxyl groups excluding tert-OH is 1. The molecule has 0 atom stereocenters. The van der Waals surface area contributed by atoms with E-state index in [0.717, 1.165) is 5.56 Å². The highest BCUT2D eigenvalue weighted by Gasteiger charge is 1.99. The summed E-state index contributed by atoms with van der Waals surface area (Å²) in [4.78, 5) is 4.02. The van der Waals surface area contributed by atoms with Crippen LogP contribution in [0.2, 0.25) is 0 Å². The van der Waals surface area contributed by atoms with Gasteiger partial charge in [0, 0.05) is 0 Å². The van der Waals surface area contributed by atoms with Crippen LogP contribution in [0.4, 0.5) is 0 Å². The normalized spacial score (nSPS) is 9.78. The predicted molar refractivity (Wildman–Crippen MR) is 65.6 cm³/mol. The molecule has 1 heterocycles. The average molecular weight is 240 g/mol. The molecule has 1 aromatic carbocycles. The third-order valence-corrected chi connectivity index (χ3v) is 2.42. The molecule has 18 heavy (non-hydrogen) atoms. The quantitative estimate of drug-likeness (QED) is 0.887. The van der Waals surface area contributed by atoms with Gasteiger partial charge in [0.1, 0.15) is 12.4 Å². The highest BCUT2D eigenvalue weighted by molar-refractivity contribution is 5.32. The van der Waals surface area contributed by atoms with Crippen molar-refractivity contribution in [1.29, 1.82) is 5.26 Å². The molecule has 0 radical (unpaired) electrons. The van der Waals surface area contributed by atoms with Gasteiger partial charge in [0.2, 0.25) is 0 Å². The minimum atomic E-state index is -0.0789. The van der Waals surface area contributed by atoms with Gasteiger partial charge in [-0.1, -0.05) is 12.1 Å². The number of pyridine rings is 1. The van der Waals surface area contributed by atoms with Crippen LogP contribution in [-0.2, 0) is 13.2 Å². The third-order valence-electron chi connectivity index (χ3n) is 2.42.